The number of nitrogens with one attached hydrogen (secondary N) is 3. The molecule has 9 nitrogen and oxygen atoms in total. The Balaban J connectivity index is 1.20. The Morgan fingerprint density at radius 1 is 1.03 bits per heavy atom. The highest BCUT2D eigenvalue weighted by Crippen LogP contribution is 2.64. The van der Waals surface area contributed by atoms with E-state index >= 15 is 0 Å². The number of hydrogen-bond acceptors (Lipinski definition) is 8. The number of hydrogen-bond donors (Lipinski definition) is 3. The first-order chi connectivity index (χ1) is 17.8. The van der Waals surface area contributed by atoms with Crippen molar-refractivity contribution in [1.82, 2.24) is 20.7 Å². The Labute approximate surface area is 229 Å². The molecular weight excluding hydrogens is 556 g/mol. The van der Waals surface area contributed by atoms with E-state index in [0.29, 0.717) is 28.0 Å². The van der Waals surface area contributed by atoms with E-state index in [9.17, 15) is 24.0 Å². The minimum Gasteiger partial charge on any atom is -0.286 e. The molecule has 4 amide bonds. The van der Waals surface area contributed by atoms with Gasteiger partial charge in [-0.05, 0) is 54.7 Å². The van der Waals surface area contributed by atoms with Crippen molar-refractivity contribution in [3.05, 3.63) is 49.4 Å². The van der Waals surface area contributed by atoms with Gasteiger partial charge in [0, 0.05) is 27.5 Å². The van der Waals surface area contributed by atoms with E-state index in [2.05, 4.69) is 16.2 Å². The number of thiazole rings is 1. The summed E-state index contributed by atoms with van der Waals surface area (Å²) >= 11 is 9.82. The van der Waals surface area contributed by atoms with Crippen molar-refractivity contribution in [2.75, 3.05) is 0 Å². The average Bonchev–Trinajstić information content (AvgIpc) is 3.62. The monoisotopic (exact) mass is 578 g/mol. The van der Waals surface area contributed by atoms with Crippen molar-refractivity contribution in [3.63, 3.8) is 0 Å². The number of hydrazine groups is 1. The second-order valence-electron chi connectivity index (χ2n) is 9.83. The number of rotatable bonds is 5. The molecule has 0 unspecified atom stereocenters. The number of aromatic nitrogens is 1. The number of halogens is 1. The summed E-state index contributed by atoms with van der Waals surface area (Å²) in [4.78, 5) is 61.7. The van der Waals surface area contributed by atoms with E-state index < -0.39 is 28.2 Å². The first kappa shape index (κ1) is 25.0. The van der Waals surface area contributed by atoms with Crippen LogP contribution >= 0.6 is 46.5 Å². The fourth-order valence-electron chi connectivity index (χ4n) is 6.20. The smallest absolute Gasteiger partial charge is 0.286 e. The molecule has 2 aromatic rings. The molecule has 0 spiro atoms. The highest BCUT2D eigenvalue weighted by Gasteiger charge is 2.55. The molecule has 1 aromatic heterocycles. The number of fused-ring (bicyclic) bond motifs is 6. The van der Waals surface area contributed by atoms with E-state index in [0.717, 1.165) is 27.2 Å². The SMILES string of the molecule is O=C(C[C@@H]1SC(=O)NC1=O)NNC(=O)Cn1c2c(sc1=O)[C@H](c1ccc(Cl)cc1)[C@H]1[C@H]3CC[C@@H](C3)[C@@H]1S2. The second-order valence-corrected chi connectivity index (χ2v) is 13.6. The van der Waals surface area contributed by atoms with E-state index in [1.807, 2.05) is 24.3 Å². The Morgan fingerprint density at radius 2 is 1.76 bits per heavy atom. The first-order valence-electron chi connectivity index (χ1n) is 12.0. The Hall–Kier alpha value is -2.28. The van der Waals surface area contributed by atoms with Crippen LogP contribution in [0.1, 0.15) is 42.0 Å². The number of thioether (sulfide) groups is 2. The molecule has 6 rings (SSSR count). The average molecular weight is 579 g/mol. The van der Waals surface area contributed by atoms with Crippen molar-refractivity contribution < 1.29 is 19.2 Å². The van der Waals surface area contributed by atoms with Gasteiger partial charge in [-0.15, -0.1) is 11.8 Å². The molecule has 37 heavy (non-hydrogen) atoms. The molecule has 2 bridgehead atoms. The minimum absolute atomic E-state index is 0.0910. The maximum absolute atomic E-state index is 13.1. The summed E-state index contributed by atoms with van der Waals surface area (Å²) in [6, 6.07) is 7.87. The first-order valence-corrected chi connectivity index (χ1v) is 15.0. The zero-order valence-electron chi connectivity index (χ0n) is 19.4. The van der Waals surface area contributed by atoms with E-state index in [1.54, 1.807) is 11.8 Å². The number of carbonyl (C=O) groups excluding carboxylic acids is 4. The lowest BCUT2D eigenvalue weighted by Gasteiger charge is -2.40. The van der Waals surface area contributed by atoms with Crippen molar-refractivity contribution in [2.24, 2.45) is 17.8 Å². The molecular formula is C24H23ClN4O5S3. The summed E-state index contributed by atoms with van der Waals surface area (Å²) in [6.45, 7) is -0.228. The lowest BCUT2D eigenvalue weighted by Crippen LogP contribution is -2.45. The van der Waals surface area contributed by atoms with Gasteiger partial charge < -0.3 is 0 Å². The van der Waals surface area contributed by atoms with Gasteiger partial charge in [-0.25, -0.2) is 0 Å². The van der Waals surface area contributed by atoms with Gasteiger partial charge in [0.25, 0.3) is 11.1 Å². The number of benzene rings is 1. The molecule has 0 radical (unpaired) electrons. The highest BCUT2D eigenvalue weighted by atomic mass is 35.5. The van der Waals surface area contributed by atoms with E-state index in [1.165, 1.54) is 35.2 Å². The predicted octanol–water partition coefficient (Wildman–Crippen LogP) is 3.10. The summed E-state index contributed by atoms with van der Waals surface area (Å²) in [6.07, 6.45) is 3.38. The fraction of sp³-hybridized carbons (Fsp3) is 0.458. The van der Waals surface area contributed by atoms with Crippen molar-refractivity contribution in [2.45, 2.75) is 53.7 Å². The third-order valence-corrected chi connectivity index (χ3v) is 11.8. The summed E-state index contributed by atoms with van der Waals surface area (Å²) in [7, 11) is 0. The van der Waals surface area contributed by atoms with Crippen LogP contribution in [0.4, 0.5) is 4.79 Å². The molecule has 2 saturated carbocycles. The van der Waals surface area contributed by atoms with Crippen LogP contribution in [0.2, 0.25) is 5.02 Å². The molecule has 3 fully saturated rings. The van der Waals surface area contributed by atoms with Crippen LogP contribution < -0.4 is 21.0 Å². The van der Waals surface area contributed by atoms with Crippen molar-refractivity contribution >= 4 is 69.4 Å². The summed E-state index contributed by atoms with van der Waals surface area (Å²) in [5.74, 6) is 0.113. The van der Waals surface area contributed by atoms with Gasteiger partial charge >= 0.3 is 4.87 Å². The molecule has 194 valence electrons. The summed E-state index contributed by atoms with van der Waals surface area (Å²) in [5, 5.41) is 2.69. The van der Waals surface area contributed by atoms with Gasteiger partial charge in [0.05, 0.1) is 5.03 Å². The Kier molecular flexibility index (Phi) is 6.62. The normalized spacial score (nSPS) is 29.5. The maximum Gasteiger partial charge on any atom is 0.308 e. The standard InChI is InChI=1S/C24H23ClN4O5S3/c25-13-5-3-10(4-6-13)17-18-11-1-2-12(7-11)19(18)36-22-20(17)37-24(34)29(22)9-16(31)28-27-15(30)8-14-21(32)26-23(33)35-14/h3-6,11-12,14,17-19H,1-2,7-9H2,(H,27,30)(H,28,31)(H,26,32,33)/t11-,12-,14-,17+,18+,19-/m0/s1. The second kappa shape index (κ2) is 9.79. The van der Waals surface area contributed by atoms with Crippen LogP contribution in [-0.2, 0) is 20.9 Å². The Morgan fingerprint density at radius 3 is 2.49 bits per heavy atom. The van der Waals surface area contributed by atoms with Crippen LogP contribution in [0.5, 0.6) is 0 Å². The third kappa shape index (κ3) is 4.62. The molecule has 2 aliphatic heterocycles. The molecule has 1 saturated heterocycles. The maximum atomic E-state index is 13.1. The quantitative estimate of drug-likeness (QED) is 0.465. The number of nitrogens with zero attached hydrogens (tertiary/aromatic N) is 1. The zero-order valence-corrected chi connectivity index (χ0v) is 22.6. The molecule has 6 atom stereocenters. The van der Waals surface area contributed by atoms with Crippen LogP contribution in [0.15, 0.2) is 34.1 Å². The molecule has 4 aliphatic rings. The van der Waals surface area contributed by atoms with Crippen LogP contribution in [0.3, 0.4) is 0 Å². The number of amides is 4. The lowest BCUT2D eigenvalue weighted by molar-refractivity contribution is -0.130. The Bertz CT molecular complexity index is 1360. The van der Waals surface area contributed by atoms with Crippen LogP contribution in [0.25, 0.3) is 0 Å². The highest BCUT2D eigenvalue weighted by molar-refractivity contribution is 8.15. The van der Waals surface area contributed by atoms with Gasteiger partial charge in [-0.1, -0.05) is 46.8 Å². The molecule has 1 aromatic carbocycles. The summed E-state index contributed by atoms with van der Waals surface area (Å²) < 4.78 is 1.51. The van der Waals surface area contributed by atoms with Gasteiger partial charge in [0.2, 0.25) is 11.8 Å². The van der Waals surface area contributed by atoms with Crippen molar-refractivity contribution in [1.29, 1.82) is 0 Å². The fourth-order valence-corrected chi connectivity index (χ4v) is 10.3. The molecule has 3 N–H and O–H groups in total. The molecule has 3 heterocycles. The van der Waals surface area contributed by atoms with Gasteiger partial charge in [-0.2, -0.15) is 0 Å². The third-order valence-electron chi connectivity index (χ3n) is 7.70. The lowest BCUT2D eigenvalue weighted by atomic mass is 9.75. The van der Waals surface area contributed by atoms with Gasteiger partial charge in [-0.3, -0.25) is 44.7 Å². The predicted molar refractivity (Wildman–Crippen MR) is 142 cm³/mol. The topological polar surface area (TPSA) is 126 Å². The number of imide groups is 1. The van der Waals surface area contributed by atoms with E-state index in [-0.39, 0.29) is 23.8 Å². The number of carbonyl (C=O) groups is 4. The van der Waals surface area contributed by atoms with Gasteiger partial charge in [0.1, 0.15) is 11.8 Å². The summed E-state index contributed by atoms with van der Waals surface area (Å²) in [5.41, 5.74) is 5.76. The molecule has 13 heteroatoms. The largest absolute Gasteiger partial charge is 0.308 e. The van der Waals surface area contributed by atoms with Gasteiger partial charge in [0.15, 0.2) is 0 Å². The minimum atomic E-state index is -0.827. The van der Waals surface area contributed by atoms with Crippen molar-refractivity contribution in [3.8, 4) is 0 Å². The molecule has 2 aliphatic carbocycles. The zero-order chi connectivity index (χ0) is 25.8. The van der Waals surface area contributed by atoms with Crippen LogP contribution in [-0.4, -0.2) is 38.0 Å². The van der Waals surface area contributed by atoms with E-state index in [4.69, 9.17) is 11.6 Å². The van der Waals surface area contributed by atoms with Crippen LogP contribution in [0, 0.1) is 17.8 Å².